The first-order valence-electron chi connectivity index (χ1n) is 6.47. The third-order valence-electron chi connectivity index (χ3n) is 4.34. The number of rotatable bonds is 4. The van der Waals surface area contributed by atoms with Gasteiger partial charge in [-0.3, -0.25) is 0 Å². The first-order valence-corrected chi connectivity index (χ1v) is 6.47. The van der Waals surface area contributed by atoms with Gasteiger partial charge in [-0.1, -0.05) is 6.42 Å². The van der Waals surface area contributed by atoms with Crippen molar-refractivity contribution in [3.8, 4) is 0 Å². The summed E-state index contributed by atoms with van der Waals surface area (Å²) >= 11 is 0. The van der Waals surface area contributed by atoms with E-state index in [1.807, 2.05) is 4.90 Å². The number of nitrogens with two attached hydrogens (primary N) is 1. The van der Waals surface area contributed by atoms with Crippen molar-refractivity contribution < 1.29 is 9.53 Å². The van der Waals surface area contributed by atoms with E-state index in [1.54, 1.807) is 7.11 Å². The number of carbonyl (C=O) groups excluding carboxylic acids is 1. The summed E-state index contributed by atoms with van der Waals surface area (Å²) in [6.45, 7) is 2.70. The number of nitrogens with zero attached hydrogens (tertiary/aromatic N) is 1. The van der Waals surface area contributed by atoms with Crippen molar-refractivity contribution >= 4 is 6.03 Å². The average molecular weight is 241 g/mol. The number of nitrogens with one attached hydrogen (secondary N) is 1. The molecular weight excluding hydrogens is 218 g/mol. The number of carbonyl (C=O) groups is 1. The summed E-state index contributed by atoms with van der Waals surface area (Å²) in [7, 11) is 1.64. The van der Waals surface area contributed by atoms with E-state index >= 15 is 0 Å². The lowest BCUT2D eigenvalue weighted by Crippen LogP contribution is -2.47. The van der Waals surface area contributed by atoms with Gasteiger partial charge in [0.1, 0.15) is 0 Å². The van der Waals surface area contributed by atoms with Crippen LogP contribution in [0.15, 0.2) is 0 Å². The molecule has 3 N–H and O–H groups in total. The monoisotopic (exact) mass is 241 g/mol. The second-order valence-corrected chi connectivity index (χ2v) is 5.14. The van der Waals surface area contributed by atoms with Crippen LogP contribution < -0.4 is 11.1 Å². The molecule has 17 heavy (non-hydrogen) atoms. The lowest BCUT2D eigenvalue weighted by atomic mass is 9.82. The van der Waals surface area contributed by atoms with E-state index in [0.29, 0.717) is 25.7 Å². The molecule has 2 amide bonds. The van der Waals surface area contributed by atoms with Crippen LogP contribution in [0.4, 0.5) is 4.79 Å². The maximum absolute atomic E-state index is 12.0. The second-order valence-electron chi connectivity index (χ2n) is 5.14. The summed E-state index contributed by atoms with van der Waals surface area (Å²) in [5.74, 6) is 0. The van der Waals surface area contributed by atoms with Crippen LogP contribution in [-0.4, -0.2) is 50.3 Å². The highest BCUT2D eigenvalue weighted by Crippen LogP contribution is 2.47. The molecule has 0 aromatic heterocycles. The Labute approximate surface area is 103 Å². The first kappa shape index (κ1) is 12.6. The fraction of sp³-hybridized carbons (Fsp3) is 0.917. The van der Waals surface area contributed by atoms with Crippen molar-refractivity contribution in [3.63, 3.8) is 0 Å². The van der Waals surface area contributed by atoms with Gasteiger partial charge in [0, 0.05) is 31.7 Å². The van der Waals surface area contributed by atoms with E-state index in [4.69, 9.17) is 10.5 Å². The zero-order valence-corrected chi connectivity index (χ0v) is 10.6. The Balaban J connectivity index is 1.92. The predicted molar refractivity (Wildman–Crippen MR) is 65.7 cm³/mol. The van der Waals surface area contributed by atoms with Crippen LogP contribution in [0.2, 0.25) is 0 Å². The molecule has 0 radical (unpaired) electrons. The Morgan fingerprint density at radius 1 is 1.59 bits per heavy atom. The molecule has 1 heterocycles. The van der Waals surface area contributed by atoms with Crippen molar-refractivity contribution in [2.75, 3.05) is 33.4 Å². The Kier molecular flexibility index (Phi) is 3.89. The van der Waals surface area contributed by atoms with Crippen molar-refractivity contribution in [2.45, 2.75) is 31.7 Å². The Bertz CT molecular complexity index is 285. The maximum Gasteiger partial charge on any atom is 0.317 e. The van der Waals surface area contributed by atoms with Crippen LogP contribution in [0.3, 0.4) is 0 Å². The van der Waals surface area contributed by atoms with Gasteiger partial charge in [-0.25, -0.2) is 4.79 Å². The van der Waals surface area contributed by atoms with Crippen LogP contribution in [0.1, 0.15) is 25.7 Å². The van der Waals surface area contributed by atoms with Gasteiger partial charge in [0.2, 0.25) is 0 Å². The quantitative estimate of drug-likeness (QED) is 0.706. The van der Waals surface area contributed by atoms with Crippen molar-refractivity contribution in [1.29, 1.82) is 0 Å². The van der Waals surface area contributed by atoms with Crippen LogP contribution in [0.5, 0.6) is 0 Å². The van der Waals surface area contributed by atoms with Gasteiger partial charge in [-0.15, -0.1) is 0 Å². The SMILES string of the molecule is COCCNC(=O)N1CC[C@]2(CN)CCC[C@H]12. The standard InChI is InChI=1S/C12H23N3O2/c1-17-8-6-14-11(16)15-7-5-12(9-13)4-2-3-10(12)15/h10H,2-9,13H2,1H3,(H,14,16)/t10-,12-/m0/s1. The van der Waals surface area contributed by atoms with Crippen LogP contribution in [-0.2, 0) is 4.74 Å². The number of likely N-dealkylation sites (tertiary alicyclic amines) is 1. The van der Waals surface area contributed by atoms with Gasteiger partial charge in [0.15, 0.2) is 0 Å². The van der Waals surface area contributed by atoms with Crippen LogP contribution in [0, 0.1) is 5.41 Å². The third kappa shape index (κ3) is 2.26. The molecule has 1 aliphatic carbocycles. The molecular formula is C12H23N3O2. The molecule has 0 aromatic rings. The molecule has 2 aliphatic rings. The lowest BCUT2D eigenvalue weighted by molar-refractivity contribution is 0.164. The van der Waals surface area contributed by atoms with Crippen LogP contribution in [0.25, 0.3) is 0 Å². The minimum atomic E-state index is 0.0456. The van der Waals surface area contributed by atoms with Gasteiger partial charge in [0.05, 0.1) is 6.61 Å². The number of hydrogen-bond donors (Lipinski definition) is 2. The maximum atomic E-state index is 12.0. The van der Waals surface area contributed by atoms with Crippen molar-refractivity contribution in [1.82, 2.24) is 10.2 Å². The highest BCUT2D eigenvalue weighted by molar-refractivity contribution is 5.75. The van der Waals surface area contributed by atoms with E-state index in [2.05, 4.69) is 5.32 Å². The Morgan fingerprint density at radius 2 is 2.41 bits per heavy atom. The summed E-state index contributed by atoms with van der Waals surface area (Å²) in [4.78, 5) is 14.0. The summed E-state index contributed by atoms with van der Waals surface area (Å²) in [5, 5.41) is 2.90. The van der Waals surface area contributed by atoms with Gasteiger partial charge < -0.3 is 20.7 Å². The summed E-state index contributed by atoms with van der Waals surface area (Å²) in [5.41, 5.74) is 6.12. The minimum absolute atomic E-state index is 0.0456. The zero-order valence-electron chi connectivity index (χ0n) is 10.6. The molecule has 1 saturated carbocycles. The van der Waals surface area contributed by atoms with Gasteiger partial charge in [-0.2, -0.15) is 0 Å². The molecule has 2 fully saturated rings. The number of hydrogen-bond acceptors (Lipinski definition) is 3. The molecule has 5 nitrogen and oxygen atoms in total. The molecule has 2 atom stereocenters. The predicted octanol–water partition coefficient (Wildman–Crippen LogP) is 0.546. The molecule has 0 aromatic carbocycles. The van der Waals surface area contributed by atoms with Gasteiger partial charge in [0.25, 0.3) is 0 Å². The number of urea groups is 1. The second kappa shape index (κ2) is 5.23. The average Bonchev–Trinajstić information content (AvgIpc) is 2.87. The van der Waals surface area contributed by atoms with E-state index in [1.165, 1.54) is 12.8 Å². The molecule has 1 aliphatic heterocycles. The molecule has 98 valence electrons. The Hall–Kier alpha value is -0.810. The fourth-order valence-corrected chi connectivity index (χ4v) is 3.34. The molecule has 0 unspecified atom stereocenters. The van der Waals surface area contributed by atoms with E-state index < -0.39 is 0 Å². The fourth-order valence-electron chi connectivity index (χ4n) is 3.34. The molecule has 0 bridgehead atoms. The zero-order chi connectivity index (χ0) is 12.3. The summed E-state index contributed by atoms with van der Waals surface area (Å²) in [6, 6.07) is 0.402. The normalized spacial score (nSPS) is 31.6. The summed E-state index contributed by atoms with van der Waals surface area (Å²) < 4.78 is 4.93. The smallest absolute Gasteiger partial charge is 0.317 e. The topological polar surface area (TPSA) is 67.6 Å². The molecule has 5 heteroatoms. The lowest BCUT2D eigenvalue weighted by Gasteiger charge is -2.31. The molecule has 2 rings (SSSR count). The van der Waals surface area contributed by atoms with E-state index in [-0.39, 0.29) is 11.4 Å². The van der Waals surface area contributed by atoms with E-state index in [9.17, 15) is 4.79 Å². The molecule has 0 spiro atoms. The van der Waals surface area contributed by atoms with Gasteiger partial charge in [-0.05, 0) is 25.8 Å². The Morgan fingerprint density at radius 3 is 3.12 bits per heavy atom. The van der Waals surface area contributed by atoms with Crippen molar-refractivity contribution in [2.24, 2.45) is 11.1 Å². The van der Waals surface area contributed by atoms with Crippen molar-refractivity contribution in [3.05, 3.63) is 0 Å². The highest BCUT2D eigenvalue weighted by Gasteiger charge is 2.50. The largest absolute Gasteiger partial charge is 0.383 e. The summed E-state index contributed by atoms with van der Waals surface area (Å²) in [6.07, 6.45) is 4.54. The number of amides is 2. The van der Waals surface area contributed by atoms with E-state index in [0.717, 1.165) is 19.4 Å². The third-order valence-corrected chi connectivity index (χ3v) is 4.34. The number of methoxy groups -OCH3 is 1. The molecule has 1 saturated heterocycles. The van der Waals surface area contributed by atoms with Crippen LogP contribution >= 0.6 is 0 Å². The van der Waals surface area contributed by atoms with Gasteiger partial charge >= 0.3 is 6.03 Å². The highest BCUT2D eigenvalue weighted by atomic mass is 16.5. The first-order chi connectivity index (χ1) is 8.23. The number of fused-ring (bicyclic) bond motifs is 1. The minimum Gasteiger partial charge on any atom is -0.383 e. The number of ether oxygens (including phenoxy) is 1.